The summed E-state index contributed by atoms with van der Waals surface area (Å²) < 4.78 is 5.50. The number of hydrogen-bond donors (Lipinski definition) is 3. The van der Waals surface area contributed by atoms with Crippen LogP contribution in [0.15, 0.2) is 48.6 Å². The van der Waals surface area contributed by atoms with Crippen LogP contribution in [-0.2, 0) is 14.3 Å². The maximum Gasteiger partial charge on any atom is 0.305 e. The van der Waals surface area contributed by atoms with Crippen molar-refractivity contribution in [3.05, 3.63) is 48.6 Å². The first kappa shape index (κ1) is 74.8. The van der Waals surface area contributed by atoms with Crippen molar-refractivity contribution in [2.45, 2.75) is 379 Å². The maximum atomic E-state index is 12.5. The average molecular weight is 1080 g/mol. The number of carbonyl (C=O) groups excluding carboxylic acids is 2. The first-order valence-corrected chi connectivity index (χ1v) is 34.4. The molecule has 0 aromatic rings. The molecule has 2 atom stereocenters. The molecule has 452 valence electrons. The van der Waals surface area contributed by atoms with Gasteiger partial charge in [-0.05, 0) is 89.9 Å². The Kier molecular flexibility index (Phi) is 64.5. The molecular formula is C71H133NO5. The quantitative estimate of drug-likeness (QED) is 0.0320. The number of rotatable bonds is 64. The highest BCUT2D eigenvalue weighted by Crippen LogP contribution is 2.18. The summed E-state index contributed by atoms with van der Waals surface area (Å²) in [5.41, 5.74) is 0. The third-order valence-electron chi connectivity index (χ3n) is 15.8. The number of amides is 1. The van der Waals surface area contributed by atoms with E-state index in [1.807, 2.05) is 6.08 Å². The van der Waals surface area contributed by atoms with Gasteiger partial charge in [0.1, 0.15) is 0 Å². The molecule has 0 fully saturated rings. The molecule has 6 nitrogen and oxygen atoms in total. The van der Waals surface area contributed by atoms with E-state index in [-0.39, 0.29) is 18.5 Å². The molecule has 3 N–H and O–H groups in total. The smallest absolute Gasteiger partial charge is 0.305 e. The topological polar surface area (TPSA) is 95.9 Å². The van der Waals surface area contributed by atoms with Gasteiger partial charge in [-0.3, -0.25) is 9.59 Å². The third-order valence-corrected chi connectivity index (χ3v) is 15.8. The van der Waals surface area contributed by atoms with E-state index < -0.39 is 12.1 Å². The highest BCUT2D eigenvalue weighted by atomic mass is 16.5. The summed E-state index contributed by atoms with van der Waals surface area (Å²) in [6.45, 7) is 4.89. The fourth-order valence-corrected chi connectivity index (χ4v) is 10.5. The van der Waals surface area contributed by atoms with Crippen LogP contribution in [0.3, 0.4) is 0 Å². The number of unbranched alkanes of at least 4 members (excludes halogenated alkanes) is 47. The van der Waals surface area contributed by atoms with Gasteiger partial charge in [0.25, 0.3) is 0 Å². The SMILES string of the molecule is CCCCC/C=C\C/C=C\CCCCCCCCCCCC(=O)OCCCCCCCCCCCCCC/C=C\CCCCCCCCCCCCCCC(=O)NC(CO)C(O)/C=C/CCCCCCCCCCCCC. The number of ether oxygens (including phenoxy) is 1. The molecule has 0 heterocycles. The minimum Gasteiger partial charge on any atom is -0.466 e. The molecule has 0 saturated carbocycles. The molecule has 0 aromatic carbocycles. The van der Waals surface area contributed by atoms with Crippen molar-refractivity contribution < 1.29 is 24.5 Å². The van der Waals surface area contributed by atoms with Gasteiger partial charge >= 0.3 is 5.97 Å². The number of nitrogens with one attached hydrogen (secondary N) is 1. The predicted octanol–water partition coefficient (Wildman–Crippen LogP) is 22.1. The third kappa shape index (κ3) is 62.9. The van der Waals surface area contributed by atoms with Crippen molar-refractivity contribution in [2.24, 2.45) is 0 Å². The van der Waals surface area contributed by atoms with E-state index in [1.165, 1.54) is 289 Å². The molecule has 0 bridgehead atoms. The van der Waals surface area contributed by atoms with Crippen LogP contribution in [0, 0.1) is 0 Å². The van der Waals surface area contributed by atoms with Crippen LogP contribution in [-0.4, -0.2) is 47.4 Å². The Morgan fingerprint density at radius 2 is 0.649 bits per heavy atom. The van der Waals surface area contributed by atoms with Gasteiger partial charge in [-0.25, -0.2) is 0 Å². The zero-order chi connectivity index (χ0) is 55.7. The molecule has 2 unspecified atom stereocenters. The van der Waals surface area contributed by atoms with Gasteiger partial charge in [-0.15, -0.1) is 0 Å². The second-order valence-electron chi connectivity index (χ2n) is 23.5. The Labute approximate surface area is 480 Å². The van der Waals surface area contributed by atoms with Gasteiger partial charge in [0.15, 0.2) is 0 Å². The molecule has 1 amide bonds. The van der Waals surface area contributed by atoms with Crippen LogP contribution >= 0.6 is 0 Å². The van der Waals surface area contributed by atoms with Crippen molar-refractivity contribution >= 4 is 11.9 Å². The molecule has 6 heteroatoms. The van der Waals surface area contributed by atoms with Crippen molar-refractivity contribution in [3.8, 4) is 0 Å². The predicted molar refractivity (Wildman–Crippen MR) is 338 cm³/mol. The highest BCUT2D eigenvalue weighted by Gasteiger charge is 2.18. The zero-order valence-electron chi connectivity index (χ0n) is 51.7. The first-order valence-electron chi connectivity index (χ1n) is 34.4. The number of aliphatic hydroxyl groups is 2. The van der Waals surface area contributed by atoms with E-state index in [9.17, 15) is 19.8 Å². The molecule has 0 radical (unpaired) electrons. The standard InChI is InChI=1S/C71H133NO5/c1-3-5-7-9-11-13-15-17-18-19-30-34-37-41-45-49-53-57-61-65-71(76)77-66-62-58-54-50-46-42-38-35-32-29-27-25-23-21-20-22-24-26-28-31-33-36-40-44-48-52-56-60-64-70(75)72-68(67-73)69(74)63-59-55-51-47-43-39-16-14-12-10-8-6-4-2/h11,13,17-18,20-21,59,63,68-69,73-74H,3-10,12,14-16,19,22-58,60-62,64-67H2,1-2H3,(H,72,75)/b13-11-,18-17-,21-20-,63-59+. The lowest BCUT2D eigenvalue weighted by Crippen LogP contribution is -2.45. The molecule has 0 spiro atoms. The Bertz CT molecular complexity index is 1290. The zero-order valence-corrected chi connectivity index (χ0v) is 51.7. The minimum absolute atomic E-state index is 0.0117. The van der Waals surface area contributed by atoms with Crippen molar-refractivity contribution in [1.82, 2.24) is 5.32 Å². The Morgan fingerprint density at radius 3 is 1.03 bits per heavy atom. The van der Waals surface area contributed by atoms with E-state index in [2.05, 4.69) is 55.6 Å². The summed E-state index contributed by atoms with van der Waals surface area (Å²) in [6.07, 6.45) is 86.1. The lowest BCUT2D eigenvalue weighted by Gasteiger charge is -2.20. The summed E-state index contributed by atoms with van der Waals surface area (Å²) >= 11 is 0. The maximum absolute atomic E-state index is 12.5. The summed E-state index contributed by atoms with van der Waals surface area (Å²) in [5.74, 6) is -0.0557. The van der Waals surface area contributed by atoms with Crippen LogP contribution in [0.25, 0.3) is 0 Å². The Hall–Kier alpha value is -2.18. The number of aliphatic hydroxyl groups excluding tert-OH is 2. The Morgan fingerprint density at radius 1 is 0.364 bits per heavy atom. The van der Waals surface area contributed by atoms with Crippen molar-refractivity contribution in [3.63, 3.8) is 0 Å². The monoisotopic (exact) mass is 1080 g/mol. The molecule has 0 aliphatic rings. The molecule has 0 saturated heterocycles. The van der Waals surface area contributed by atoms with Gasteiger partial charge < -0.3 is 20.3 Å². The fourth-order valence-electron chi connectivity index (χ4n) is 10.5. The summed E-state index contributed by atoms with van der Waals surface area (Å²) in [4.78, 5) is 24.6. The lowest BCUT2D eigenvalue weighted by molar-refractivity contribution is -0.143. The molecule has 0 rings (SSSR count). The van der Waals surface area contributed by atoms with E-state index in [0.29, 0.717) is 19.4 Å². The van der Waals surface area contributed by atoms with Crippen LogP contribution in [0.1, 0.15) is 367 Å². The van der Waals surface area contributed by atoms with E-state index in [1.54, 1.807) is 6.08 Å². The van der Waals surface area contributed by atoms with Gasteiger partial charge in [0.2, 0.25) is 5.91 Å². The summed E-state index contributed by atoms with van der Waals surface area (Å²) in [7, 11) is 0. The van der Waals surface area contributed by atoms with Gasteiger partial charge in [0, 0.05) is 12.8 Å². The largest absolute Gasteiger partial charge is 0.466 e. The van der Waals surface area contributed by atoms with Gasteiger partial charge in [-0.2, -0.15) is 0 Å². The lowest BCUT2D eigenvalue weighted by atomic mass is 10.0. The second kappa shape index (κ2) is 66.3. The summed E-state index contributed by atoms with van der Waals surface area (Å²) in [5, 5.41) is 23.1. The van der Waals surface area contributed by atoms with E-state index >= 15 is 0 Å². The minimum atomic E-state index is -0.844. The number of carbonyl (C=O) groups is 2. The molecular weight excluding hydrogens is 947 g/mol. The molecule has 0 aliphatic heterocycles. The van der Waals surface area contributed by atoms with Crippen LogP contribution < -0.4 is 5.32 Å². The first-order chi connectivity index (χ1) is 38.0. The fraction of sp³-hybridized carbons (Fsp3) is 0.859. The Balaban J connectivity index is 3.37. The van der Waals surface area contributed by atoms with Crippen molar-refractivity contribution in [1.29, 1.82) is 0 Å². The summed E-state index contributed by atoms with van der Waals surface area (Å²) in [6, 6.07) is -0.628. The normalized spacial score (nSPS) is 12.8. The average Bonchev–Trinajstić information content (AvgIpc) is 3.43. The second-order valence-corrected chi connectivity index (χ2v) is 23.5. The highest BCUT2D eigenvalue weighted by molar-refractivity contribution is 5.76. The van der Waals surface area contributed by atoms with E-state index in [4.69, 9.17) is 4.74 Å². The van der Waals surface area contributed by atoms with Crippen LogP contribution in [0.2, 0.25) is 0 Å². The van der Waals surface area contributed by atoms with Crippen LogP contribution in [0.5, 0.6) is 0 Å². The van der Waals surface area contributed by atoms with Crippen molar-refractivity contribution in [2.75, 3.05) is 13.2 Å². The van der Waals surface area contributed by atoms with Crippen LogP contribution in [0.4, 0.5) is 0 Å². The number of hydrogen-bond acceptors (Lipinski definition) is 5. The van der Waals surface area contributed by atoms with Gasteiger partial charge in [0.05, 0.1) is 25.4 Å². The molecule has 0 aliphatic carbocycles. The van der Waals surface area contributed by atoms with Gasteiger partial charge in [-0.1, -0.05) is 313 Å². The molecule has 77 heavy (non-hydrogen) atoms. The van der Waals surface area contributed by atoms with E-state index in [0.717, 1.165) is 51.4 Å². The number of esters is 1. The molecule has 0 aromatic heterocycles. The number of allylic oxidation sites excluding steroid dienone is 7.